The van der Waals surface area contributed by atoms with Gasteiger partial charge in [-0.15, -0.1) is 10.2 Å². The molecule has 0 aliphatic rings. The van der Waals surface area contributed by atoms with Crippen molar-refractivity contribution in [3.05, 3.63) is 60.2 Å². The van der Waals surface area contributed by atoms with Crippen LogP contribution in [0.4, 0.5) is 0 Å². The van der Waals surface area contributed by atoms with Gasteiger partial charge in [-0.2, -0.15) is 0 Å². The predicted molar refractivity (Wildman–Crippen MR) is 111 cm³/mol. The highest BCUT2D eigenvalue weighted by atomic mass is 32.2. The van der Waals surface area contributed by atoms with Crippen LogP contribution in [0.15, 0.2) is 59.8 Å². The van der Waals surface area contributed by atoms with E-state index in [1.165, 1.54) is 11.8 Å². The lowest BCUT2D eigenvalue weighted by atomic mass is 10.2. The Morgan fingerprint density at radius 2 is 1.82 bits per heavy atom. The molecule has 0 unspecified atom stereocenters. The van der Waals surface area contributed by atoms with Gasteiger partial charge in [-0.1, -0.05) is 54.2 Å². The van der Waals surface area contributed by atoms with Gasteiger partial charge in [0.05, 0.1) is 18.4 Å². The van der Waals surface area contributed by atoms with Crippen LogP contribution in [0.25, 0.3) is 11.4 Å². The van der Waals surface area contributed by atoms with Gasteiger partial charge in [0.15, 0.2) is 11.0 Å². The fraction of sp³-hybridized carbons (Fsp3) is 0.286. The summed E-state index contributed by atoms with van der Waals surface area (Å²) in [4.78, 5) is 14.3. The molecule has 1 heterocycles. The van der Waals surface area contributed by atoms with Gasteiger partial charge >= 0.3 is 0 Å². The molecule has 0 atom stereocenters. The summed E-state index contributed by atoms with van der Waals surface area (Å²) >= 11 is 1.40. The Kier molecular flexibility index (Phi) is 6.71. The fourth-order valence-electron chi connectivity index (χ4n) is 2.89. The van der Waals surface area contributed by atoms with E-state index in [2.05, 4.69) is 10.2 Å². The molecule has 0 fully saturated rings. The number of hydrogen-bond acceptors (Lipinski definition) is 5. The highest BCUT2D eigenvalue weighted by Crippen LogP contribution is 2.30. The maximum Gasteiger partial charge on any atom is 0.233 e. The first kappa shape index (κ1) is 19.9. The van der Waals surface area contributed by atoms with Crippen molar-refractivity contribution >= 4 is 17.7 Å². The van der Waals surface area contributed by atoms with Crippen LogP contribution >= 0.6 is 11.8 Å². The molecule has 0 bridgehead atoms. The summed E-state index contributed by atoms with van der Waals surface area (Å²) < 4.78 is 7.45. The minimum atomic E-state index is 0.0540. The SMILES string of the molecule is CCn1c(SCC(=O)N(C)Cc2ccccc2)nnc1-c1ccccc1OC. The van der Waals surface area contributed by atoms with Crippen molar-refractivity contribution in [1.82, 2.24) is 19.7 Å². The summed E-state index contributed by atoms with van der Waals surface area (Å²) in [5.74, 6) is 1.86. The summed E-state index contributed by atoms with van der Waals surface area (Å²) in [5, 5.41) is 9.37. The molecule has 0 saturated carbocycles. The van der Waals surface area contributed by atoms with E-state index in [0.29, 0.717) is 18.8 Å². The molecule has 6 nitrogen and oxygen atoms in total. The zero-order valence-corrected chi connectivity index (χ0v) is 17.1. The number of amides is 1. The Labute approximate surface area is 169 Å². The first-order valence-electron chi connectivity index (χ1n) is 9.11. The average molecular weight is 397 g/mol. The Morgan fingerprint density at radius 1 is 1.11 bits per heavy atom. The molecule has 7 heteroatoms. The molecule has 0 aliphatic carbocycles. The van der Waals surface area contributed by atoms with E-state index in [-0.39, 0.29) is 5.91 Å². The molecule has 0 saturated heterocycles. The zero-order chi connectivity index (χ0) is 19.9. The smallest absolute Gasteiger partial charge is 0.233 e. The minimum absolute atomic E-state index is 0.0540. The molecule has 1 amide bonds. The number of para-hydroxylation sites is 1. The molecule has 3 rings (SSSR count). The summed E-state index contributed by atoms with van der Waals surface area (Å²) in [5.41, 5.74) is 2.00. The number of methoxy groups -OCH3 is 1. The van der Waals surface area contributed by atoms with Crippen LogP contribution in [0.5, 0.6) is 5.75 Å². The minimum Gasteiger partial charge on any atom is -0.496 e. The molecule has 0 aliphatic heterocycles. The third-order valence-corrected chi connectivity index (χ3v) is 5.35. The standard InChI is InChI=1S/C21H24N4O2S/c1-4-25-20(17-12-8-9-13-18(17)27-3)22-23-21(25)28-15-19(26)24(2)14-16-10-6-5-7-11-16/h5-13H,4,14-15H2,1-3H3. The normalized spacial score (nSPS) is 10.7. The van der Waals surface area contributed by atoms with E-state index in [0.717, 1.165) is 27.9 Å². The average Bonchev–Trinajstić information content (AvgIpc) is 3.15. The van der Waals surface area contributed by atoms with E-state index in [9.17, 15) is 4.79 Å². The molecule has 0 radical (unpaired) electrons. The Bertz CT molecular complexity index is 927. The van der Waals surface area contributed by atoms with Gasteiger partial charge in [0, 0.05) is 20.1 Å². The zero-order valence-electron chi connectivity index (χ0n) is 16.3. The van der Waals surface area contributed by atoms with E-state index in [1.54, 1.807) is 12.0 Å². The number of hydrogen-bond donors (Lipinski definition) is 0. The van der Waals surface area contributed by atoms with Gasteiger partial charge in [-0.3, -0.25) is 4.79 Å². The van der Waals surface area contributed by atoms with Gasteiger partial charge in [-0.25, -0.2) is 0 Å². The van der Waals surface area contributed by atoms with E-state index in [1.807, 2.05) is 73.1 Å². The predicted octanol–water partition coefficient (Wildman–Crippen LogP) is 3.72. The van der Waals surface area contributed by atoms with Crippen molar-refractivity contribution < 1.29 is 9.53 Å². The van der Waals surface area contributed by atoms with E-state index < -0.39 is 0 Å². The van der Waals surface area contributed by atoms with Crippen LogP contribution in [0.3, 0.4) is 0 Å². The molecule has 2 aromatic carbocycles. The molecule has 3 aromatic rings. The second-order valence-corrected chi connectivity index (χ2v) is 7.22. The van der Waals surface area contributed by atoms with Crippen molar-refractivity contribution in [2.45, 2.75) is 25.2 Å². The third kappa shape index (κ3) is 4.54. The summed E-state index contributed by atoms with van der Waals surface area (Å²) in [6.45, 7) is 3.33. The van der Waals surface area contributed by atoms with Crippen molar-refractivity contribution in [3.8, 4) is 17.1 Å². The van der Waals surface area contributed by atoms with Crippen LogP contribution in [0.1, 0.15) is 12.5 Å². The van der Waals surface area contributed by atoms with Crippen LogP contribution in [-0.4, -0.2) is 45.5 Å². The highest BCUT2D eigenvalue weighted by Gasteiger charge is 2.18. The van der Waals surface area contributed by atoms with Gasteiger partial charge in [-0.05, 0) is 24.6 Å². The molecule has 0 spiro atoms. The Balaban J connectivity index is 1.69. The number of ether oxygens (including phenoxy) is 1. The van der Waals surface area contributed by atoms with E-state index in [4.69, 9.17) is 4.74 Å². The van der Waals surface area contributed by atoms with Crippen LogP contribution in [0, 0.1) is 0 Å². The van der Waals surface area contributed by atoms with E-state index >= 15 is 0 Å². The van der Waals surface area contributed by atoms with Crippen molar-refractivity contribution in [3.63, 3.8) is 0 Å². The first-order chi connectivity index (χ1) is 13.6. The van der Waals surface area contributed by atoms with Gasteiger partial charge < -0.3 is 14.2 Å². The monoisotopic (exact) mass is 396 g/mol. The van der Waals surface area contributed by atoms with Gasteiger partial charge in [0.2, 0.25) is 5.91 Å². The molecular formula is C21H24N4O2S. The molecule has 146 valence electrons. The highest BCUT2D eigenvalue weighted by molar-refractivity contribution is 7.99. The second-order valence-electron chi connectivity index (χ2n) is 6.27. The number of rotatable bonds is 8. The topological polar surface area (TPSA) is 60.2 Å². The van der Waals surface area contributed by atoms with Crippen molar-refractivity contribution in [2.75, 3.05) is 19.9 Å². The number of benzene rings is 2. The lowest BCUT2D eigenvalue weighted by Crippen LogP contribution is -2.27. The largest absolute Gasteiger partial charge is 0.496 e. The number of nitrogens with zero attached hydrogens (tertiary/aromatic N) is 4. The Hall–Kier alpha value is -2.80. The summed E-state index contributed by atoms with van der Waals surface area (Å²) in [6, 6.07) is 17.7. The van der Waals surface area contributed by atoms with Gasteiger partial charge in [0.25, 0.3) is 0 Å². The van der Waals surface area contributed by atoms with Crippen LogP contribution in [0.2, 0.25) is 0 Å². The first-order valence-corrected chi connectivity index (χ1v) is 10.1. The fourth-order valence-corrected chi connectivity index (χ4v) is 3.83. The molecule has 28 heavy (non-hydrogen) atoms. The molecular weight excluding hydrogens is 372 g/mol. The maximum atomic E-state index is 12.5. The van der Waals surface area contributed by atoms with Crippen molar-refractivity contribution in [2.24, 2.45) is 0 Å². The van der Waals surface area contributed by atoms with Crippen LogP contribution < -0.4 is 4.74 Å². The quantitative estimate of drug-likeness (QED) is 0.543. The maximum absolute atomic E-state index is 12.5. The lowest BCUT2D eigenvalue weighted by Gasteiger charge is -2.17. The molecule has 1 aromatic heterocycles. The number of carbonyl (C=O) groups excluding carboxylic acids is 1. The van der Waals surface area contributed by atoms with Gasteiger partial charge in [0.1, 0.15) is 5.75 Å². The number of carbonyl (C=O) groups is 1. The second kappa shape index (κ2) is 9.41. The van der Waals surface area contributed by atoms with Crippen LogP contribution in [-0.2, 0) is 17.9 Å². The summed E-state index contributed by atoms with van der Waals surface area (Å²) in [7, 11) is 3.46. The number of thioether (sulfide) groups is 1. The number of aromatic nitrogens is 3. The third-order valence-electron chi connectivity index (χ3n) is 4.39. The van der Waals surface area contributed by atoms with Crippen molar-refractivity contribution in [1.29, 1.82) is 0 Å². The summed E-state index contributed by atoms with van der Waals surface area (Å²) in [6.07, 6.45) is 0. The molecule has 0 N–H and O–H groups in total. The Morgan fingerprint density at radius 3 is 2.54 bits per heavy atom. The lowest BCUT2D eigenvalue weighted by molar-refractivity contribution is -0.127.